The van der Waals surface area contributed by atoms with Gasteiger partial charge in [-0.2, -0.15) is 0 Å². The molecular weight excluding hydrogens is 257 g/mol. The van der Waals surface area contributed by atoms with E-state index in [1.165, 1.54) is 25.0 Å². The monoisotopic (exact) mass is 277 g/mol. The van der Waals surface area contributed by atoms with Gasteiger partial charge in [0.25, 0.3) is 0 Å². The van der Waals surface area contributed by atoms with E-state index in [1.807, 2.05) is 0 Å². The zero-order chi connectivity index (χ0) is 14.2. The first kappa shape index (κ1) is 13.6. The van der Waals surface area contributed by atoms with Crippen LogP contribution in [-0.4, -0.2) is 17.7 Å². The predicted molar refractivity (Wildman–Crippen MR) is 76.0 cm³/mol. The molecule has 108 valence electrons. The number of nitrogens with one attached hydrogen (secondary N) is 1. The molecule has 2 atom stereocenters. The fraction of sp³-hybridized carbons (Fsp3) is 0.500. The van der Waals surface area contributed by atoms with Crippen LogP contribution in [0.25, 0.3) is 11.0 Å². The van der Waals surface area contributed by atoms with Gasteiger partial charge in [-0.1, -0.05) is 6.42 Å². The first-order valence-corrected chi connectivity index (χ1v) is 7.20. The fourth-order valence-corrected chi connectivity index (χ4v) is 2.96. The molecule has 3 nitrogen and oxygen atoms in total. The lowest BCUT2D eigenvalue weighted by molar-refractivity contribution is 0.0139. The van der Waals surface area contributed by atoms with Crippen molar-refractivity contribution in [2.75, 3.05) is 6.54 Å². The number of halogens is 1. The second-order valence-corrected chi connectivity index (χ2v) is 5.92. The number of furan rings is 1. The van der Waals surface area contributed by atoms with Gasteiger partial charge < -0.3 is 14.8 Å². The minimum absolute atomic E-state index is 0.293. The summed E-state index contributed by atoms with van der Waals surface area (Å²) in [6, 6.07) is 6.44. The van der Waals surface area contributed by atoms with Crippen molar-refractivity contribution in [1.29, 1.82) is 0 Å². The Bertz CT molecular complexity index is 600. The highest BCUT2D eigenvalue weighted by Gasteiger charge is 2.31. The predicted octanol–water partition coefficient (Wildman–Crippen LogP) is 3.31. The standard InChI is InChI=1S/C16H20FNO2/c1-16(19,10-13-4-2-3-7-18-13)15-9-11-8-12(17)5-6-14(11)20-15/h5-6,8-9,13,18-19H,2-4,7,10H2,1H3. The Kier molecular flexibility index (Phi) is 3.52. The molecule has 0 saturated carbocycles. The topological polar surface area (TPSA) is 45.4 Å². The number of piperidine rings is 1. The summed E-state index contributed by atoms with van der Waals surface area (Å²) >= 11 is 0. The van der Waals surface area contributed by atoms with E-state index < -0.39 is 5.60 Å². The summed E-state index contributed by atoms with van der Waals surface area (Å²) in [5.41, 5.74) is -0.428. The summed E-state index contributed by atoms with van der Waals surface area (Å²) in [4.78, 5) is 0. The van der Waals surface area contributed by atoms with Gasteiger partial charge in [-0.05, 0) is 57.0 Å². The molecule has 20 heavy (non-hydrogen) atoms. The lowest BCUT2D eigenvalue weighted by Gasteiger charge is -2.30. The van der Waals surface area contributed by atoms with Crippen molar-refractivity contribution < 1.29 is 13.9 Å². The van der Waals surface area contributed by atoms with E-state index in [2.05, 4.69) is 5.32 Å². The van der Waals surface area contributed by atoms with Crippen molar-refractivity contribution in [2.45, 2.75) is 44.2 Å². The molecule has 1 aromatic carbocycles. The van der Waals surface area contributed by atoms with Gasteiger partial charge in [0.1, 0.15) is 22.8 Å². The number of rotatable bonds is 3. The molecule has 0 bridgehead atoms. The van der Waals surface area contributed by atoms with Crippen LogP contribution < -0.4 is 5.32 Å². The number of aliphatic hydroxyl groups is 1. The second-order valence-electron chi connectivity index (χ2n) is 5.92. The minimum atomic E-state index is -1.04. The molecule has 0 radical (unpaired) electrons. The number of hydrogen-bond acceptors (Lipinski definition) is 3. The van der Waals surface area contributed by atoms with E-state index in [0.717, 1.165) is 13.0 Å². The smallest absolute Gasteiger partial charge is 0.136 e. The quantitative estimate of drug-likeness (QED) is 0.904. The van der Waals surface area contributed by atoms with Gasteiger partial charge in [0.15, 0.2) is 0 Å². The van der Waals surface area contributed by atoms with Crippen LogP contribution >= 0.6 is 0 Å². The maximum absolute atomic E-state index is 13.2. The molecule has 2 N–H and O–H groups in total. The minimum Gasteiger partial charge on any atom is -0.458 e. The van der Waals surface area contributed by atoms with Crippen molar-refractivity contribution >= 4 is 11.0 Å². The average Bonchev–Trinajstić information content (AvgIpc) is 2.83. The van der Waals surface area contributed by atoms with E-state index in [4.69, 9.17) is 4.42 Å². The molecule has 0 spiro atoms. The zero-order valence-electron chi connectivity index (χ0n) is 11.7. The van der Waals surface area contributed by atoms with Crippen molar-refractivity contribution in [3.05, 3.63) is 35.8 Å². The Morgan fingerprint density at radius 3 is 3.00 bits per heavy atom. The molecule has 1 aliphatic heterocycles. The number of benzene rings is 1. The van der Waals surface area contributed by atoms with Crippen LogP contribution in [0.4, 0.5) is 4.39 Å². The Morgan fingerprint density at radius 2 is 2.25 bits per heavy atom. The summed E-state index contributed by atoms with van der Waals surface area (Å²) < 4.78 is 18.9. The molecule has 1 saturated heterocycles. The van der Waals surface area contributed by atoms with E-state index in [1.54, 1.807) is 19.1 Å². The van der Waals surface area contributed by atoms with Crippen LogP contribution in [0.1, 0.15) is 38.4 Å². The summed E-state index contributed by atoms with van der Waals surface area (Å²) in [5, 5.41) is 14.8. The van der Waals surface area contributed by atoms with E-state index >= 15 is 0 Å². The maximum Gasteiger partial charge on any atom is 0.136 e. The molecule has 1 aromatic heterocycles. The first-order chi connectivity index (χ1) is 9.54. The fourth-order valence-electron chi connectivity index (χ4n) is 2.96. The van der Waals surface area contributed by atoms with Crippen LogP contribution in [0.2, 0.25) is 0 Å². The zero-order valence-corrected chi connectivity index (χ0v) is 11.7. The lowest BCUT2D eigenvalue weighted by atomic mass is 9.90. The van der Waals surface area contributed by atoms with Crippen LogP contribution in [0.3, 0.4) is 0 Å². The highest BCUT2D eigenvalue weighted by atomic mass is 19.1. The van der Waals surface area contributed by atoms with Crippen LogP contribution in [-0.2, 0) is 5.60 Å². The molecule has 4 heteroatoms. The lowest BCUT2D eigenvalue weighted by Crippen LogP contribution is -2.39. The summed E-state index contributed by atoms with van der Waals surface area (Å²) in [7, 11) is 0. The van der Waals surface area contributed by atoms with Gasteiger partial charge in [-0.15, -0.1) is 0 Å². The third-order valence-electron chi connectivity index (χ3n) is 4.07. The highest BCUT2D eigenvalue weighted by molar-refractivity contribution is 5.78. The number of hydrogen-bond donors (Lipinski definition) is 2. The Labute approximate surface area is 117 Å². The van der Waals surface area contributed by atoms with E-state index in [-0.39, 0.29) is 5.82 Å². The van der Waals surface area contributed by atoms with Gasteiger partial charge in [0.2, 0.25) is 0 Å². The average molecular weight is 277 g/mol. The van der Waals surface area contributed by atoms with Gasteiger partial charge >= 0.3 is 0 Å². The third-order valence-corrected chi connectivity index (χ3v) is 4.07. The molecule has 1 aliphatic rings. The molecule has 2 unspecified atom stereocenters. The van der Waals surface area contributed by atoms with Crippen LogP contribution in [0, 0.1) is 5.82 Å². The summed E-state index contributed by atoms with van der Waals surface area (Å²) in [5.74, 6) is 0.212. The van der Waals surface area contributed by atoms with Gasteiger partial charge in [-0.3, -0.25) is 0 Å². The van der Waals surface area contributed by atoms with Gasteiger partial charge in [-0.25, -0.2) is 4.39 Å². The Balaban J connectivity index is 1.83. The van der Waals surface area contributed by atoms with Crippen molar-refractivity contribution in [1.82, 2.24) is 5.32 Å². The maximum atomic E-state index is 13.2. The summed E-state index contributed by atoms with van der Waals surface area (Å²) in [6.45, 7) is 2.77. The Morgan fingerprint density at radius 1 is 1.40 bits per heavy atom. The normalized spacial score (nSPS) is 22.9. The van der Waals surface area contributed by atoms with Crippen LogP contribution in [0.15, 0.2) is 28.7 Å². The van der Waals surface area contributed by atoms with Crippen LogP contribution in [0.5, 0.6) is 0 Å². The molecule has 2 aromatic rings. The Hall–Kier alpha value is -1.39. The molecule has 2 heterocycles. The van der Waals surface area contributed by atoms with Crippen molar-refractivity contribution in [3.63, 3.8) is 0 Å². The van der Waals surface area contributed by atoms with Gasteiger partial charge in [0, 0.05) is 11.4 Å². The highest BCUT2D eigenvalue weighted by Crippen LogP contribution is 2.32. The molecule has 3 rings (SSSR count). The summed E-state index contributed by atoms with van der Waals surface area (Å²) in [6.07, 6.45) is 4.07. The number of fused-ring (bicyclic) bond motifs is 1. The van der Waals surface area contributed by atoms with Crippen molar-refractivity contribution in [3.8, 4) is 0 Å². The van der Waals surface area contributed by atoms with E-state index in [0.29, 0.717) is 29.2 Å². The first-order valence-electron chi connectivity index (χ1n) is 7.20. The van der Waals surface area contributed by atoms with E-state index in [9.17, 15) is 9.50 Å². The molecule has 0 aliphatic carbocycles. The molecular formula is C16H20FNO2. The third kappa shape index (κ3) is 2.72. The molecule has 0 amide bonds. The van der Waals surface area contributed by atoms with Gasteiger partial charge in [0.05, 0.1) is 0 Å². The van der Waals surface area contributed by atoms with Crippen molar-refractivity contribution in [2.24, 2.45) is 0 Å². The largest absolute Gasteiger partial charge is 0.458 e. The molecule has 1 fully saturated rings. The second kappa shape index (κ2) is 5.19. The SMILES string of the molecule is CC(O)(CC1CCCCN1)c1cc2cc(F)ccc2o1.